The number of thioether (sulfide) groups is 1. The highest BCUT2D eigenvalue weighted by molar-refractivity contribution is 8.26. The summed E-state index contributed by atoms with van der Waals surface area (Å²) in [4.78, 5) is 41.6. The van der Waals surface area contributed by atoms with Crippen LogP contribution in [0.2, 0.25) is 0 Å². The molecule has 1 aromatic heterocycles. The molecule has 2 fully saturated rings. The number of carboxylic acid groups (broad SMARTS) is 1. The highest BCUT2D eigenvalue weighted by Gasteiger charge is 2.33. The Morgan fingerprint density at radius 3 is 2.44 bits per heavy atom. The summed E-state index contributed by atoms with van der Waals surface area (Å²) >= 11 is 6.73. The van der Waals surface area contributed by atoms with Gasteiger partial charge in [0.05, 0.1) is 4.91 Å². The molecular formula is C26H34N4O4S2. The number of aromatic nitrogens is 1. The van der Waals surface area contributed by atoms with Gasteiger partial charge in [-0.05, 0) is 50.7 Å². The van der Waals surface area contributed by atoms with Gasteiger partial charge in [-0.15, -0.1) is 0 Å². The number of amides is 1. The molecule has 0 spiro atoms. The summed E-state index contributed by atoms with van der Waals surface area (Å²) in [5.41, 5.74) is 1.17. The molecule has 3 rings (SSSR count). The maximum atomic E-state index is 13.3. The van der Waals surface area contributed by atoms with Crippen molar-refractivity contribution in [3.63, 3.8) is 0 Å². The van der Waals surface area contributed by atoms with E-state index in [4.69, 9.17) is 17.3 Å². The van der Waals surface area contributed by atoms with E-state index in [0.717, 1.165) is 56.6 Å². The molecule has 0 aromatic carbocycles. The fourth-order valence-corrected chi connectivity index (χ4v) is 6.04. The van der Waals surface area contributed by atoms with Gasteiger partial charge >= 0.3 is 5.97 Å². The highest BCUT2D eigenvalue weighted by atomic mass is 32.2. The van der Waals surface area contributed by atoms with Crippen molar-refractivity contribution in [2.75, 3.05) is 24.5 Å². The van der Waals surface area contributed by atoms with E-state index in [1.165, 1.54) is 11.8 Å². The zero-order valence-corrected chi connectivity index (χ0v) is 22.7. The average molecular weight is 531 g/mol. The molecule has 0 atom stereocenters. The Bertz CT molecular complexity index is 1140. The maximum Gasteiger partial charge on any atom is 0.303 e. The summed E-state index contributed by atoms with van der Waals surface area (Å²) in [5, 5.41) is 18.6. The number of hydrogen-bond donors (Lipinski definition) is 1. The molecule has 3 heterocycles. The minimum Gasteiger partial charge on any atom is -0.481 e. The van der Waals surface area contributed by atoms with Gasteiger partial charge in [0.2, 0.25) is 0 Å². The van der Waals surface area contributed by atoms with E-state index >= 15 is 0 Å². The van der Waals surface area contributed by atoms with Crippen molar-refractivity contribution in [1.82, 2.24) is 9.47 Å². The number of rotatable bonds is 10. The Labute approximate surface area is 221 Å². The Kier molecular flexibility index (Phi) is 10.1. The molecule has 0 radical (unpaired) electrons. The van der Waals surface area contributed by atoms with Crippen molar-refractivity contribution in [3.05, 3.63) is 31.9 Å². The van der Waals surface area contributed by atoms with E-state index in [0.29, 0.717) is 47.1 Å². The van der Waals surface area contributed by atoms with Crippen molar-refractivity contribution in [1.29, 1.82) is 5.26 Å². The van der Waals surface area contributed by atoms with Crippen LogP contribution in [0.1, 0.15) is 81.4 Å². The first-order valence-corrected chi connectivity index (χ1v) is 13.9. The summed E-state index contributed by atoms with van der Waals surface area (Å²) in [6, 6.07) is 2.10. The number of thiocarbonyl (C=S) groups is 1. The topological polar surface area (TPSA) is 107 Å². The third-order valence-corrected chi connectivity index (χ3v) is 8.00. The molecular weight excluding hydrogens is 496 g/mol. The van der Waals surface area contributed by atoms with Gasteiger partial charge in [-0.1, -0.05) is 50.2 Å². The smallest absolute Gasteiger partial charge is 0.303 e. The lowest BCUT2D eigenvalue weighted by atomic mass is 10.0. The van der Waals surface area contributed by atoms with Gasteiger partial charge in [-0.25, -0.2) is 0 Å². The number of carboxylic acids is 1. The largest absolute Gasteiger partial charge is 0.481 e. The third kappa shape index (κ3) is 6.37. The molecule has 2 aliphatic rings. The van der Waals surface area contributed by atoms with Crippen molar-refractivity contribution < 1.29 is 14.7 Å². The number of nitrogens with zero attached hydrogens (tertiary/aromatic N) is 4. The zero-order valence-electron chi connectivity index (χ0n) is 21.0. The van der Waals surface area contributed by atoms with Crippen molar-refractivity contribution in [2.45, 2.75) is 78.2 Å². The van der Waals surface area contributed by atoms with Crippen LogP contribution in [0.25, 0.3) is 6.08 Å². The van der Waals surface area contributed by atoms with Crippen LogP contribution in [-0.2, 0) is 16.1 Å². The second kappa shape index (κ2) is 13.1. The maximum absolute atomic E-state index is 13.3. The van der Waals surface area contributed by atoms with Gasteiger partial charge < -0.3 is 10.0 Å². The van der Waals surface area contributed by atoms with Crippen LogP contribution >= 0.6 is 24.0 Å². The second-order valence-electron chi connectivity index (χ2n) is 9.24. The van der Waals surface area contributed by atoms with E-state index in [2.05, 4.69) is 11.0 Å². The number of anilines is 1. The number of aliphatic carboxylic acids is 1. The van der Waals surface area contributed by atoms with Gasteiger partial charge in [-0.2, -0.15) is 5.26 Å². The average Bonchev–Trinajstić information content (AvgIpc) is 3.01. The molecule has 194 valence electrons. The third-order valence-electron chi connectivity index (χ3n) is 6.62. The molecule has 0 aliphatic carbocycles. The Morgan fingerprint density at radius 1 is 1.14 bits per heavy atom. The number of hydrogen-bond acceptors (Lipinski definition) is 7. The molecule has 36 heavy (non-hydrogen) atoms. The molecule has 0 saturated carbocycles. The van der Waals surface area contributed by atoms with Gasteiger partial charge in [0.25, 0.3) is 11.5 Å². The number of unbranched alkanes of at least 4 members (excludes halogenated alkanes) is 2. The van der Waals surface area contributed by atoms with Gasteiger partial charge in [0, 0.05) is 38.2 Å². The van der Waals surface area contributed by atoms with E-state index in [9.17, 15) is 19.6 Å². The number of pyridine rings is 1. The lowest BCUT2D eigenvalue weighted by Gasteiger charge is -2.29. The highest BCUT2D eigenvalue weighted by Crippen LogP contribution is 2.36. The molecule has 8 nitrogen and oxygen atoms in total. The first kappa shape index (κ1) is 27.9. The van der Waals surface area contributed by atoms with Gasteiger partial charge in [-0.3, -0.25) is 23.9 Å². The first-order valence-electron chi connectivity index (χ1n) is 12.7. The summed E-state index contributed by atoms with van der Waals surface area (Å²) in [6.07, 6.45) is 8.96. The lowest BCUT2D eigenvalue weighted by Crippen LogP contribution is -2.35. The van der Waals surface area contributed by atoms with Crippen molar-refractivity contribution >= 4 is 52.1 Å². The van der Waals surface area contributed by atoms with Crippen LogP contribution in [0, 0.1) is 18.3 Å². The molecule has 0 unspecified atom stereocenters. The number of nitriles is 1. The molecule has 0 bridgehead atoms. The van der Waals surface area contributed by atoms with Crippen LogP contribution in [0.15, 0.2) is 9.70 Å². The fourth-order valence-electron chi connectivity index (χ4n) is 4.75. The van der Waals surface area contributed by atoms with Crippen LogP contribution in [-0.4, -0.2) is 50.4 Å². The predicted molar refractivity (Wildman–Crippen MR) is 147 cm³/mol. The monoisotopic (exact) mass is 530 g/mol. The minimum absolute atomic E-state index is 0.113. The zero-order chi connectivity index (χ0) is 26.2. The van der Waals surface area contributed by atoms with Crippen LogP contribution in [0.3, 0.4) is 0 Å². The van der Waals surface area contributed by atoms with Crippen molar-refractivity contribution in [3.8, 4) is 6.07 Å². The summed E-state index contributed by atoms with van der Waals surface area (Å²) in [5.74, 6) is -0.212. The number of carbonyl (C=O) groups excluding carboxylic acids is 1. The normalized spacial score (nSPS) is 17.5. The Hall–Kier alpha value is -2.64. The van der Waals surface area contributed by atoms with Crippen LogP contribution in [0.4, 0.5) is 5.82 Å². The quantitative estimate of drug-likeness (QED) is 0.264. The van der Waals surface area contributed by atoms with E-state index < -0.39 is 5.97 Å². The van der Waals surface area contributed by atoms with Crippen LogP contribution in [0.5, 0.6) is 0 Å². The molecule has 2 aliphatic heterocycles. The molecule has 1 amide bonds. The Balaban J connectivity index is 2.00. The SMILES string of the molecule is CCCn1c(N2CCCCCC2)c(/C=C2\SC(=S)N(CCCCCC(=O)O)C2=O)c(C)c(C#N)c1=O. The standard InChI is InChI=1S/C26H34N4O4S2/c1-3-12-29-23(28-13-8-4-5-9-14-28)19(18(2)20(17-27)24(29)33)16-21-25(34)30(26(35)36-21)15-10-6-7-11-22(31)32/h16H,3-15H2,1-2H3,(H,31,32)/b21-16-. The van der Waals surface area contributed by atoms with Gasteiger partial charge in [0.15, 0.2) is 0 Å². The fraction of sp³-hybridized carbons (Fsp3) is 0.577. The molecule has 1 aromatic rings. The van der Waals surface area contributed by atoms with E-state index in [-0.39, 0.29) is 23.5 Å². The summed E-state index contributed by atoms with van der Waals surface area (Å²) in [6.45, 7) is 6.38. The van der Waals surface area contributed by atoms with E-state index in [1.807, 2.05) is 13.0 Å². The van der Waals surface area contributed by atoms with Crippen LogP contribution < -0.4 is 10.5 Å². The first-order chi connectivity index (χ1) is 17.3. The predicted octanol–water partition coefficient (Wildman–Crippen LogP) is 4.67. The van der Waals surface area contributed by atoms with Crippen molar-refractivity contribution in [2.24, 2.45) is 0 Å². The molecule has 2 saturated heterocycles. The van der Waals surface area contributed by atoms with Gasteiger partial charge in [0.1, 0.15) is 21.8 Å². The summed E-state index contributed by atoms with van der Waals surface area (Å²) in [7, 11) is 0. The molecule has 10 heteroatoms. The lowest BCUT2D eigenvalue weighted by molar-refractivity contribution is -0.137. The Morgan fingerprint density at radius 2 is 1.83 bits per heavy atom. The second-order valence-corrected chi connectivity index (χ2v) is 10.9. The minimum atomic E-state index is -0.819. The van der Waals surface area contributed by atoms with E-state index in [1.54, 1.807) is 16.4 Å². The summed E-state index contributed by atoms with van der Waals surface area (Å²) < 4.78 is 2.19. The number of carbonyl (C=O) groups is 2. The molecule has 1 N–H and O–H groups in total.